The Hall–Kier alpha value is -1.45. The normalized spacial score (nSPS) is 14.1. The maximum absolute atomic E-state index is 11.3. The number of ketones is 1. The summed E-state index contributed by atoms with van der Waals surface area (Å²) in [7, 11) is 0. The van der Waals surface area contributed by atoms with Gasteiger partial charge in [-0.15, -0.1) is 0 Å². The van der Waals surface area contributed by atoms with Crippen molar-refractivity contribution in [2.24, 2.45) is 23.1 Å². The zero-order chi connectivity index (χ0) is 11.1. The van der Waals surface area contributed by atoms with Crippen molar-refractivity contribution in [2.45, 2.75) is 18.9 Å². The predicted molar refractivity (Wildman–Crippen MR) is 49.6 cm³/mol. The van der Waals surface area contributed by atoms with Gasteiger partial charge in [0, 0.05) is 13.0 Å². The molecule has 6 N–H and O–H groups in total. The van der Waals surface area contributed by atoms with Crippen LogP contribution in [0, 0.1) is 17.2 Å². The lowest BCUT2D eigenvalue weighted by molar-refractivity contribution is -0.122. The lowest BCUT2D eigenvalue weighted by Gasteiger charge is -2.11. The molecule has 1 amide bonds. The highest BCUT2D eigenvalue weighted by molar-refractivity contribution is 5.88. The zero-order valence-electron chi connectivity index (χ0n) is 7.77. The molecule has 0 radical (unpaired) electrons. The van der Waals surface area contributed by atoms with E-state index in [9.17, 15) is 9.59 Å². The number of nitrogens with zero attached hydrogens (tertiary/aromatic N) is 1. The maximum atomic E-state index is 11.3. The third kappa shape index (κ3) is 3.98. The summed E-state index contributed by atoms with van der Waals surface area (Å²) in [5, 5.41) is 8.52. The van der Waals surface area contributed by atoms with E-state index in [0.717, 1.165) is 0 Å². The number of nitriles is 1. The first kappa shape index (κ1) is 12.6. The Kier molecular flexibility index (Phi) is 5.44. The summed E-state index contributed by atoms with van der Waals surface area (Å²) >= 11 is 0. The molecule has 2 atom stereocenters. The molecular weight excluding hydrogens is 184 g/mol. The van der Waals surface area contributed by atoms with Crippen LogP contribution in [0.15, 0.2) is 0 Å². The van der Waals surface area contributed by atoms with Gasteiger partial charge in [-0.3, -0.25) is 9.59 Å². The van der Waals surface area contributed by atoms with Gasteiger partial charge in [0.15, 0.2) is 5.78 Å². The van der Waals surface area contributed by atoms with Crippen LogP contribution in [-0.2, 0) is 9.59 Å². The standard InChI is InChI=1S/C8H14N4O2/c9-3-5(4-10)8(14)6(11)1-2-7(12)13/h5-6H,1-3,9,11H2,(H2,12,13)/t5?,6-/m0/s1. The molecule has 0 aromatic heterocycles. The predicted octanol–water partition coefficient (Wildman–Crippen LogP) is -1.75. The van der Waals surface area contributed by atoms with Crippen molar-refractivity contribution >= 4 is 11.7 Å². The average molecular weight is 198 g/mol. The highest BCUT2D eigenvalue weighted by Gasteiger charge is 2.22. The van der Waals surface area contributed by atoms with E-state index in [4.69, 9.17) is 22.5 Å². The second-order valence-corrected chi connectivity index (χ2v) is 2.93. The van der Waals surface area contributed by atoms with E-state index in [-0.39, 0.29) is 19.4 Å². The van der Waals surface area contributed by atoms with E-state index >= 15 is 0 Å². The lowest BCUT2D eigenvalue weighted by atomic mass is 9.97. The largest absolute Gasteiger partial charge is 0.370 e. The van der Waals surface area contributed by atoms with Crippen LogP contribution >= 0.6 is 0 Å². The lowest BCUT2D eigenvalue weighted by Crippen LogP contribution is -2.38. The molecule has 0 aromatic rings. The Morgan fingerprint density at radius 1 is 1.43 bits per heavy atom. The highest BCUT2D eigenvalue weighted by atomic mass is 16.1. The third-order valence-corrected chi connectivity index (χ3v) is 1.80. The summed E-state index contributed by atoms with van der Waals surface area (Å²) in [5.74, 6) is -1.84. The van der Waals surface area contributed by atoms with Crippen molar-refractivity contribution in [2.75, 3.05) is 6.54 Å². The first-order valence-corrected chi connectivity index (χ1v) is 4.20. The van der Waals surface area contributed by atoms with Gasteiger partial charge < -0.3 is 17.2 Å². The summed E-state index contributed by atoms with van der Waals surface area (Å²) in [6.45, 7) is -0.0559. The number of rotatable bonds is 6. The summed E-state index contributed by atoms with van der Waals surface area (Å²) in [6.07, 6.45) is 0.196. The summed E-state index contributed by atoms with van der Waals surface area (Å²) in [6, 6.07) is 0.912. The minimum absolute atomic E-state index is 0.0373. The van der Waals surface area contributed by atoms with Crippen molar-refractivity contribution in [1.82, 2.24) is 0 Å². The molecule has 0 heterocycles. The molecule has 6 heteroatoms. The molecule has 0 aliphatic rings. The van der Waals surface area contributed by atoms with Gasteiger partial charge in [-0.1, -0.05) is 0 Å². The van der Waals surface area contributed by atoms with Crippen molar-refractivity contribution < 1.29 is 9.59 Å². The maximum Gasteiger partial charge on any atom is 0.217 e. The minimum atomic E-state index is -0.891. The number of primary amides is 1. The Bertz CT molecular complexity index is 259. The molecule has 0 aromatic carbocycles. The third-order valence-electron chi connectivity index (χ3n) is 1.80. The van der Waals surface area contributed by atoms with E-state index in [1.807, 2.05) is 0 Å². The Morgan fingerprint density at radius 3 is 2.36 bits per heavy atom. The highest BCUT2D eigenvalue weighted by Crippen LogP contribution is 2.02. The van der Waals surface area contributed by atoms with Crippen LogP contribution < -0.4 is 17.2 Å². The fraction of sp³-hybridized carbons (Fsp3) is 0.625. The van der Waals surface area contributed by atoms with Crippen LogP contribution in [0.1, 0.15) is 12.8 Å². The van der Waals surface area contributed by atoms with Gasteiger partial charge in [0.2, 0.25) is 5.91 Å². The SMILES string of the molecule is N#CC(CN)C(=O)[C@@H](N)CCC(N)=O. The number of carbonyl (C=O) groups excluding carboxylic acids is 2. The average Bonchev–Trinajstić information content (AvgIpc) is 2.15. The van der Waals surface area contributed by atoms with E-state index in [0.29, 0.717) is 0 Å². The van der Waals surface area contributed by atoms with E-state index in [1.54, 1.807) is 6.07 Å². The van der Waals surface area contributed by atoms with Crippen molar-refractivity contribution in [3.63, 3.8) is 0 Å². The van der Waals surface area contributed by atoms with E-state index in [1.165, 1.54) is 0 Å². The van der Waals surface area contributed by atoms with Crippen LogP contribution in [0.5, 0.6) is 0 Å². The monoisotopic (exact) mass is 198 g/mol. The fourth-order valence-corrected chi connectivity index (χ4v) is 0.931. The van der Waals surface area contributed by atoms with Gasteiger partial charge in [0.05, 0.1) is 12.1 Å². The van der Waals surface area contributed by atoms with Gasteiger partial charge in [0.1, 0.15) is 5.92 Å². The molecule has 78 valence electrons. The molecule has 1 unspecified atom stereocenters. The zero-order valence-corrected chi connectivity index (χ0v) is 7.77. The van der Waals surface area contributed by atoms with Crippen LogP contribution in [-0.4, -0.2) is 24.3 Å². The van der Waals surface area contributed by atoms with Gasteiger partial charge in [0.25, 0.3) is 0 Å². The number of Topliss-reactive ketones (excluding diaryl/α,β-unsaturated/α-hetero) is 1. The van der Waals surface area contributed by atoms with Crippen molar-refractivity contribution in [3.05, 3.63) is 0 Å². The quantitative estimate of drug-likeness (QED) is 0.464. The number of nitrogens with two attached hydrogens (primary N) is 3. The summed E-state index contributed by atoms with van der Waals surface area (Å²) in [4.78, 5) is 21.7. The number of amides is 1. The molecule has 0 rings (SSSR count). The van der Waals surface area contributed by atoms with Crippen LogP contribution in [0.2, 0.25) is 0 Å². The van der Waals surface area contributed by atoms with Gasteiger partial charge in [-0.05, 0) is 6.42 Å². The topological polar surface area (TPSA) is 136 Å². The molecule has 14 heavy (non-hydrogen) atoms. The summed E-state index contributed by atoms with van der Waals surface area (Å²) in [5.41, 5.74) is 15.5. The number of hydrogen-bond acceptors (Lipinski definition) is 5. The second kappa shape index (κ2) is 6.07. The van der Waals surface area contributed by atoms with E-state index < -0.39 is 23.7 Å². The summed E-state index contributed by atoms with van der Waals surface area (Å²) < 4.78 is 0. The Morgan fingerprint density at radius 2 is 2.00 bits per heavy atom. The van der Waals surface area contributed by atoms with E-state index in [2.05, 4.69) is 0 Å². The second-order valence-electron chi connectivity index (χ2n) is 2.93. The van der Waals surface area contributed by atoms with Crippen LogP contribution in [0.3, 0.4) is 0 Å². The van der Waals surface area contributed by atoms with Gasteiger partial charge in [-0.2, -0.15) is 5.26 Å². The molecule has 0 saturated carbocycles. The number of hydrogen-bond donors (Lipinski definition) is 3. The molecule has 0 bridgehead atoms. The molecule has 0 aliphatic carbocycles. The number of carbonyl (C=O) groups is 2. The molecular formula is C8H14N4O2. The van der Waals surface area contributed by atoms with Crippen molar-refractivity contribution in [3.8, 4) is 6.07 Å². The molecule has 0 spiro atoms. The first-order valence-electron chi connectivity index (χ1n) is 4.20. The van der Waals surface area contributed by atoms with Crippen LogP contribution in [0.4, 0.5) is 0 Å². The Labute approximate surface area is 82.0 Å². The smallest absolute Gasteiger partial charge is 0.217 e. The minimum Gasteiger partial charge on any atom is -0.370 e. The fourth-order valence-electron chi connectivity index (χ4n) is 0.931. The Balaban J connectivity index is 4.12. The van der Waals surface area contributed by atoms with Crippen LogP contribution in [0.25, 0.3) is 0 Å². The first-order chi connectivity index (χ1) is 6.52. The molecule has 0 saturated heterocycles. The molecule has 0 aliphatic heterocycles. The molecule has 0 fully saturated rings. The van der Waals surface area contributed by atoms with Crippen molar-refractivity contribution in [1.29, 1.82) is 5.26 Å². The molecule has 6 nitrogen and oxygen atoms in total. The van der Waals surface area contributed by atoms with Gasteiger partial charge in [-0.25, -0.2) is 0 Å². The van der Waals surface area contributed by atoms with Gasteiger partial charge >= 0.3 is 0 Å².